The first-order valence-corrected chi connectivity index (χ1v) is 13.2. The molecule has 1 saturated heterocycles. The van der Waals surface area contributed by atoms with E-state index in [1.165, 1.54) is 16.7 Å². The van der Waals surface area contributed by atoms with Gasteiger partial charge in [0.15, 0.2) is 0 Å². The maximum absolute atomic E-state index is 12.7. The summed E-state index contributed by atoms with van der Waals surface area (Å²) in [5.41, 5.74) is 4.37. The van der Waals surface area contributed by atoms with Gasteiger partial charge in [-0.3, -0.25) is 9.69 Å². The number of hydrogen-bond acceptors (Lipinski definition) is 6. The molecule has 0 saturated carbocycles. The largest absolute Gasteiger partial charge is 0.493 e. The molecule has 1 atom stereocenters. The van der Waals surface area contributed by atoms with Crippen LogP contribution in [0.2, 0.25) is 0 Å². The fourth-order valence-electron chi connectivity index (χ4n) is 4.60. The highest BCUT2D eigenvalue weighted by Gasteiger charge is 2.32. The van der Waals surface area contributed by atoms with Gasteiger partial charge < -0.3 is 19.7 Å². The van der Waals surface area contributed by atoms with Crippen molar-refractivity contribution in [1.82, 2.24) is 20.1 Å². The first-order valence-electron chi connectivity index (χ1n) is 13.2. The molecule has 1 aliphatic heterocycles. The molecular formula is C29H44N4O3. The Balaban J connectivity index is 1.47. The van der Waals surface area contributed by atoms with Gasteiger partial charge in [0, 0.05) is 37.8 Å². The third kappa shape index (κ3) is 7.43. The minimum absolute atomic E-state index is 0.0334. The van der Waals surface area contributed by atoms with Crippen LogP contribution in [0.15, 0.2) is 30.5 Å². The van der Waals surface area contributed by atoms with Crippen LogP contribution in [-0.2, 0) is 0 Å². The summed E-state index contributed by atoms with van der Waals surface area (Å²) in [6, 6.07) is 8.20. The van der Waals surface area contributed by atoms with E-state index in [0.29, 0.717) is 29.9 Å². The standard InChI is InChI=1S/C29H44N4O3/c1-20(2)36-29-26(11-10-14-30-29)28(34)31-17-24-18-33(19-24)23(5)25-12-13-27(22(4)21(25)3)35-16-9-8-15-32(6)7/h10-14,20,23-24H,8-9,15-19H2,1-7H3,(H,31,34). The molecule has 1 unspecified atom stereocenters. The third-order valence-corrected chi connectivity index (χ3v) is 6.93. The number of benzene rings is 1. The van der Waals surface area contributed by atoms with Crippen molar-refractivity contribution < 1.29 is 14.3 Å². The van der Waals surface area contributed by atoms with Crippen LogP contribution in [0.3, 0.4) is 0 Å². The Kier molecular flexibility index (Phi) is 10.1. The fourth-order valence-corrected chi connectivity index (χ4v) is 4.60. The Hall–Kier alpha value is -2.64. The summed E-state index contributed by atoms with van der Waals surface area (Å²) in [5, 5.41) is 3.07. The summed E-state index contributed by atoms with van der Waals surface area (Å²) in [6.07, 6.45) is 3.82. The number of aromatic nitrogens is 1. The molecule has 1 aromatic heterocycles. The molecule has 1 aliphatic rings. The molecule has 7 heteroatoms. The topological polar surface area (TPSA) is 66.9 Å². The Morgan fingerprint density at radius 1 is 1.14 bits per heavy atom. The average molecular weight is 497 g/mol. The highest BCUT2D eigenvalue weighted by molar-refractivity contribution is 5.96. The van der Waals surface area contributed by atoms with Gasteiger partial charge in [-0.25, -0.2) is 4.98 Å². The van der Waals surface area contributed by atoms with Crippen LogP contribution in [0.4, 0.5) is 0 Å². The number of nitrogens with one attached hydrogen (secondary N) is 1. The van der Waals surface area contributed by atoms with E-state index in [1.54, 1.807) is 18.3 Å². The van der Waals surface area contributed by atoms with Gasteiger partial charge >= 0.3 is 0 Å². The number of pyridine rings is 1. The lowest BCUT2D eigenvalue weighted by molar-refractivity contribution is 0.0568. The molecular weight excluding hydrogens is 452 g/mol. The van der Waals surface area contributed by atoms with Crippen LogP contribution in [-0.4, -0.2) is 73.7 Å². The lowest BCUT2D eigenvalue weighted by atomic mass is 9.91. The molecule has 0 aliphatic carbocycles. The zero-order valence-electron chi connectivity index (χ0n) is 23.1. The number of hydrogen-bond donors (Lipinski definition) is 1. The van der Waals surface area contributed by atoms with Crippen molar-refractivity contribution in [3.05, 3.63) is 52.7 Å². The molecule has 2 heterocycles. The van der Waals surface area contributed by atoms with Gasteiger partial charge in [-0.2, -0.15) is 0 Å². The van der Waals surface area contributed by atoms with Crippen molar-refractivity contribution in [1.29, 1.82) is 0 Å². The minimum Gasteiger partial charge on any atom is -0.493 e. The summed E-state index contributed by atoms with van der Waals surface area (Å²) >= 11 is 0. The van der Waals surface area contributed by atoms with Crippen molar-refractivity contribution in [2.45, 2.75) is 59.6 Å². The fraction of sp³-hybridized carbons (Fsp3) is 0.586. The number of amides is 1. The quantitative estimate of drug-likeness (QED) is 0.408. The second-order valence-corrected chi connectivity index (χ2v) is 10.5. The first-order chi connectivity index (χ1) is 17.2. The van der Waals surface area contributed by atoms with E-state index < -0.39 is 0 Å². The summed E-state index contributed by atoms with van der Waals surface area (Å²) in [4.78, 5) is 21.6. The zero-order chi connectivity index (χ0) is 26.2. The zero-order valence-corrected chi connectivity index (χ0v) is 23.1. The van der Waals surface area contributed by atoms with E-state index in [0.717, 1.165) is 44.8 Å². The molecule has 7 nitrogen and oxygen atoms in total. The lowest BCUT2D eigenvalue weighted by Gasteiger charge is -2.44. The molecule has 1 N–H and O–H groups in total. The maximum atomic E-state index is 12.7. The number of ether oxygens (including phenoxy) is 2. The number of rotatable bonds is 13. The normalized spacial score (nSPS) is 15.1. The van der Waals surface area contributed by atoms with Gasteiger partial charge in [-0.05, 0) is 103 Å². The van der Waals surface area contributed by atoms with Gasteiger partial charge in [-0.1, -0.05) is 6.07 Å². The van der Waals surface area contributed by atoms with Crippen molar-refractivity contribution in [3.8, 4) is 11.6 Å². The van der Waals surface area contributed by atoms with E-state index in [9.17, 15) is 4.79 Å². The van der Waals surface area contributed by atoms with E-state index >= 15 is 0 Å². The van der Waals surface area contributed by atoms with Crippen LogP contribution >= 0.6 is 0 Å². The molecule has 0 spiro atoms. The predicted molar refractivity (Wildman–Crippen MR) is 145 cm³/mol. The predicted octanol–water partition coefficient (Wildman–Crippen LogP) is 4.63. The van der Waals surface area contributed by atoms with Crippen LogP contribution in [0, 0.1) is 19.8 Å². The van der Waals surface area contributed by atoms with Gasteiger partial charge in [0.05, 0.1) is 12.7 Å². The molecule has 1 aromatic carbocycles. The number of nitrogens with zero attached hydrogens (tertiary/aromatic N) is 3. The molecule has 198 valence electrons. The van der Waals surface area contributed by atoms with Crippen LogP contribution in [0.25, 0.3) is 0 Å². The van der Waals surface area contributed by atoms with Crippen LogP contribution in [0.5, 0.6) is 11.6 Å². The molecule has 36 heavy (non-hydrogen) atoms. The van der Waals surface area contributed by atoms with Crippen LogP contribution in [0.1, 0.15) is 66.7 Å². The lowest BCUT2D eigenvalue weighted by Crippen LogP contribution is -2.52. The Bertz CT molecular complexity index is 1000. The summed E-state index contributed by atoms with van der Waals surface area (Å²) in [5.74, 6) is 1.69. The molecule has 1 amide bonds. The van der Waals surface area contributed by atoms with Gasteiger partial charge in [-0.15, -0.1) is 0 Å². The second-order valence-electron chi connectivity index (χ2n) is 10.5. The van der Waals surface area contributed by atoms with Gasteiger partial charge in [0.2, 0.25) is 5.88 Å². The van der Waals surface area contributed by atoms with Crippen molar-refractivity contribution in [2.75, 3.05) is 46.9 Å². The summed E-state index contributed by atoms with van der Waals surface area (Å²) in [7, 11) is 4.21. The maximum Gasteiger partial charge on any atom is 0.256 e. The van der Waals surface area contributed by atoms with Crippen molar-refractivity contribution in [3.63, 3.8) is 0 Å². The molecule has 2 aromatic rings. The van der Waals surface area contributed by atoms with E-state index in [1.807, 2.05) is 13.8 Å². The Morgan fingerprint density at radius 2 is 1.89 bits per heavy atom. The summed E-state index contributed by atoms with van der Waals surface area (Å²) < 4.78 is 11.8. The monoisotopic (exact) mass is 496 g/mol. The first kappa shape index (κ1) is 27.9. The number of carbonyl (C=O) groups is 1. The van der Waals surface area contributed by atoms with E-state index in [4.69, 9.17) is 9.47 Å². The molecule has 0 radical (unpaired) electrons. The molecule has 3 rings (SSSR count). The van der Waals surface area contributed by atoms with Gasteiger partial charge in [0.25, 0.3) is 5.91 Å². The van der Waals surface area contributed by atoms with Gasteiger partial charge in [0.1, 0.15) is 11.3 Å². The number of likely N-dealkylation sites (tertiary alicyclic amines) is 1. The smallest absolute Gasteiger partial charge is 0.256 e. The minimum atomic E-state index is -0.131. The van der Waals surface area contributed by atoms with Crippen molar-refractivity contribution >= 4 is 5.91 Å². The summed E-state index contributed by atoms with van der Waals surface area (Å²) in [6.45, 7) is 14.9. The van der Waals surface area contributed by atoms with E-state index in [-0.39, 0.29) is 12.0 Å². The molecule has 1 fully saturated rings. The second kappa shape index (κ2) is 13.1. The number of carbonyl (C=O) groups excluding carboxylic acids is 1. The average Bonchev–Trinajstić information content (AvgIpc) is 2.80. The highest BCUT2D eigenvalue weighted by atomic mass is 16.5. The number of unbranched alkanes of at least 4 members (excludes halogenated alkanes) is 1. The van der Waals surface area contributed by atoms with Crippen molar-refractivity contribution in [2.24, 2.45) is 5.92 Å². The Morgan fingerprint density at radius 3 is 2.58 bits per heavy atom. The van der Waals surface area contributed by atoms with E-state index in [2.05, 4.69) is 67.1 Å². The molecule has 0 bridgehead atoms. The highest BCUT2D eigenvalue weighted by Crippen LogP contribution is 2.34. The Labute approximate surface area is 217 Å². The third-order valence-electron chi connectivity index (χ3n) is 6.93. The SMILES string of the molecule is Cc1c(OCCCCN(C)C)ccc(C(C)N2CC(CNC(=O)c3cccnc3OC(C)C)C2)c1C. The van der Waals surface area contributed by atoms with Crippen LogP contribution < -0.4 is 14.8 Å².